The lowest BCUT2D eigenvalue weighted by Gasteiger charge is -2.44. The van der Waals surface area contributed by atoms with Crippen molar-refractivity contribution < 1.29 is 9.66 Å². The van der Waals surface area contributed by atoms with Crippen molar-refractivity contribution in [2.45, 2.75) is 37.8 Å². The zero-order chi connectivity index (χ0) is 28.1. The molecule has 4 aliphatic heterocycles. The van der Waals surface area contributed by atoms with Gasteiger partial charge >= 0.3 is 0 Å². The van der Waals surface area contributed by atoms with Crippen LogP contribution in [0.2, 0.25) is 0 Å². The summed E-state index contributed by atoms with van der Waals surface area (Å²) in [4.78, 5) is 26.2. The molecule has 1 aromatic carbocycles. The Balaban J connectivity index is 1.02. The summed E-state index contributed by atoms with van der Waals surface area (Å²) in [5, 5.41) is 20.8. The second-order valence-electron chi connectivity index (χ2n) is 11.9. The maximum atomic E-state index is 11.3. The molecule has 4 saturated heterocycles. The van der Waals surface area contributed by atoms with Gasteiger partial charge < -0.3 is 19.4 Å². The number of nitro groups is 1. The van der Waals surface area contributed by atoms with Gasteiger partial charge in [-0.1, -0.05) is 0 Å². The third kappa shape index (κ3) is 6.86. The van der Waals surface area contributed by atoms with Crippen LogP contribution >= 0.6 is 0 Å². The summed E-state index contributed by atoms with van der Waals surface area (Å²) in [5.41, 5.74) is 0.657. The quantitative estimate of drug-likeness (QED) is 0.350. The first-order valence-corrected chi connectivity index (χ1v) is 15.1. The molecule has 1 aromatic rings. The average molecular weight is 555 g/mol. The maximum absolute atomic E-state index is 11.3. The van der Waals surface area contributed by atoms with E-state index < -0.39 is 4.92 Å². The van der Waals surface area contributed by atoms with Crippen molar-refractivity contribution in [3.8, 4) is 11.8 Å². The normalized spacial score (nSPS) is 23.8. The number of piperazine rings is 2. The van der Waals surface area contributed by atoms with Crippen molar-refractivity contribution in [1.29, 1.82) is 5.26 Å². The molecule has 40 heavy (non-hydrogen) atoms. The van der Waals surface area contributed by atoms with Crippen LogP contribution < -0.4 is 9.64 Å². The van der Waals surface area contributed by atoms with Crippen molar-refractivity contribution in [1.82, 2.24) is 24.5 Å². The van der Waals surface area contributed by atoms with Crippen LogP contribution in [-0.2, 0) is 0 Å². The summed E-state index contributed by atoms with van der Waals surface area (Å²) in [6.45, 7) is 16.0. The van der Waals surface area contributed by atoms with Crippen LogP contribution in [0.4, 0.5) is 11.4 Å². The zero-order valence-corrected chi connectivity index (χ0v) is 24.3. The van der Waals surface area contributed by atoms with E-state index in [9.17, 15) is 15.4 Å². The van der Waals surface area contributed by atoms with E-state index in [2.05, 4.69) is 36.4 Å². The monoisotopic (exact) mass is 554 g/mol. The highest BCUT2D eigenvalue weighted by Gasteiger charge is 2.31. The smallest absolute Gasteiger partial charge is 0.290 e. The van der Waals surface area contributed by atoms with Crippen LogP contribution in [0.3, 0.4) is 0 Å². The van der Waals surface area contributed by atoms with Gasteiger partial charge in [-0.3, -0.25) is 24.8 Å². The maximum Gasteiger partial charge on any atom is 0.290 e. The van der Waals surface area contributed by atoms with Crippen LogP contribution in [0.25, 0.3) is 0 Å². The first-order chi connectivity index (χ1) is 19.4. The highest BCUT2D eigenvalue weighted by molar-refractivity contribution is 5.68. The lowest BCUT2D eigenvalue weighted by molar-refractivity contribution is -0.385. The van der Waals surface area contributed by atoms with Gasteiger partial charge in [-0.15, -0.1) is 0 Å². The summed E-state index contributed by atoms with van der Waals surface area (Å²) < 4.78 is 5.47. The van der Waals surface area contributed by atoms with E-state index in [1.807, 2.05) is 6.07 Å². The lowest BCUT2D eigenvalue weighted by atomic mass is 10.0. The molecule has 0 aliphatic carbocycles. The first-order valence-electron chi connectivity index (χ1n) is 15.1. The minimum atomic E-state index is -0.520. The molecule has 11 nitrogen and oxygen atoms in total. The van der Waals surface area contributed by atoms with E-state index in [0.29, 0.717) is 11.8 Å². The van der Waals surface area contributed by atoms with Crippen LogP contribution in [0.1, 0.15) is 31.2 Å². The second kappa shape index (κ2) is 13.4. The molecule has 4 aliphatic rings. The minimum absolute atomic E-state index is 0.0819. The number of nitro benzene ring substituents is 1. The Bertz CT molecular complexity index is 1030. The molecule has 0 bridgehead atoms. The number of nitrogens with zero attached hydrogens (tertiary/aromatic N) is 8. The van der Waals surface area contributed by atoms with E-state index in [4.69, 9.17) is 4.74 Å². The predicted molar refractivity (Wildman–Crippen MR) is 156 cm³/mol. The number of ether oxygens (including phenoxy) is 1. The van der Waals surface area contributed by atoms with Gasteiger partial charge in [0.2, 0.25) is 0 Å². The van der Waals surface area contributed by atoms with Crippen LogP contribution in [0.15, 0.2) is 12.1 Å². The van der Waals surface area contributed by atoms with Crippen molar-refractivity contribution in [2.24, 2.45) is 0 Å². The lowest BCUT2D eigenvalue weighted by Crippen LogP contribution is -2.55. The van der Waals surface area contributed by atoms with Crippen molar-refractivity contribution in [3.05, 3.63) is 27.8 Å². The number of nitriles is 1. The molecular weight excluding hydrogens is 508 g/mol. The molecule has 11 heteroatoms. The van der Waals surface area contributed by atoms with E-state index in [-0.39, 0.29) is 11.3 Å². The SMILES string of the molecule is COc1cc([N+](=O)[O-])c(C#N)cc1N1CCC(N2CCN(CCN3CCC(N4CCN(C)CC4)CC3)CC2)CC1. The number of piperidine rings is 2. The molecule has 0 radical (unpaired) electrons. The number of benzene rings is 1. The molecule has 4 fully saturated rings. The molecule has 0 amide bonds. The molecule has 0 N–H and O–H groups in total. The highest BCUT2D eigenvalue weighted by atomic mass is 16.6. The van der Waals surface area contributed by atoms with Gasteiger partial charge in [0, 0.05) is 90.6 Å². The van der Waals surface area contributed by atoms with E-state index in [1.165, 1.54) is 78.4 Å². The number of anilines is 1. The molecule has 0 atom stereocenters. The predicted octanol–water partition coefficient (Wildman–Crippen LogP) is 1.77. The number of methoxy groups -OCH3 is 1. The standard InChI is InChI=1S/C29H46N8O3/c1-31-11-17-34(18-12-31)25-3-7-32(8-4-25)13-14-33-15-19-35(20-16-33)26-5-9-36(10-6-26)28-21-24(23-30)27(37(38)39)22-29(28)40-2/h21-22,25-26H,3-20H2,1-2H3. The molecule has 0 unspecified atom stereocenters. The highest BCUT2D eigenvalue weighted by Crippen LogP contribution is 2.36. The molecular formula is C29H46N8O3. The van der Waals surface area contributed by atoms with Gasteiger partial charge in [-0.2, -0.15) is 5.26 Å². The average Bonchev–Trinajstić information content (AvgIpc) is 3.00. The molecule has 0 spiro atoms. The number of hydrogen-bond acceptors (Lipinski definition) is 10. The molecule has 0 aromatic heterocycles. The van der Waals surface area contributed by atoms with Crippen LogP contribution in [-0.4, -0.2) is 147 Å². The minimum Gasteiger partial charge on any atom is -0.494 e. The number of likely N-dealkylation sites (N-methyl/N-ethyl adjacent to an activating group) is 1. The Morgan fingerprint density at radius 2 is 1.38 bits per heavy atom. The largest absolute Gasteiger partial charge is 0.494 e. The Kier molecular flexibility index (Phi) is 9.76. The molecule has 5 rings (SSSR count). The van der Waals surface area contributed by atoms with Gasteiger partial charge in [0.15, 0.2) is 0 Å². The van der Waals surface area contributed by atoms with E-state index >= 15 is 0 Å². The van der Waals surface area contributed by atoms with Gasteiger partial charge in [0.1, 0.15) is 17.4 Å². The van der Waals surface area contributed by atoms with Gasteiger partial charge in [-0.25, -0.2) is 0 Å². The fourth-order valence-corrected chi connectivity index (χ4v) is 7.01. The molecule has 220 valence electrons. The first kappa shape index (κ1) is 29.0. The van der Waals surface area contributed by atoms with Crippen LogP contribution in [0, 0.1) is 21.4 Å². The van der Waals surface area contributed by atoms with E-state index in [0.717, 1.165) is 63.8 Å². The Morgan fingerprint density at radius 1 is 0.850 bits per heavy atom. The second-order valence-corrected chi connectivity index (χ2v) is 11.9. The van der Waals surface area contributed by atoms with Crippen molar-refractivity contribution in [2.75, 3.05) is 111 Å². The Hall–Kier alpha value is -2.49. The third-order valence-corrected chi connectivity index (χ3v) is 9.69. The molecule has 0 saturated carbocycles. The van der Waals surface area contributed by atoms with Crippen molar-refractivity contribution >= 4 is 11.4 Å². The zero-order valence-electron chi connectivity index (χ0n) is 24.3. The fourth-order valence-electron chi connectivity index (χ4n) is 7.01. The molecule has 4 heterocycles. The van der Waals surface area contributed by atoms with Crippen LogP contribution in [0.5, 0.6) is 5.75 Å². The van der Waals surface area contributed by atoms with Gasteiger partial charge in [0.05, 0.1) is 23.8 Å². The summed E-state index contributed by atoms with van der Waals surface area (Å²) in [7, 11) is 3.76. The Morgan fingerprint density at radius 3 is 1.90 bits per heavy atom. The Labute approximate surface area is 239 Å². The summed E-state index contributed by atoms with van der Waals surface area (Å²) in [5.74, 6) is 0.460. The topological polar surface area (TPSA) is 95.6 Å². The third-order valence-electron chi connectivity index (χ3n) is 9.69. The number of likely N-dealkylation sites (tertiary alicyclic amines) is 1. The van der Waals surface area contributed by atoms with Crippen molar-refractivity contribution in [3.63, 3.8) is 0 Å². The summed E-state index contributed by atoms with van der Waals surface area (Å²) >= 11 is 0. The van der Waals surface area contributed by atoms with E-state index in [1.54, 1.807) is 6.07 Å². The number of rotatable bonds is 8. The summed E-state index contributed by atoms with van der Waals surface area (Å²) in [6, 6.07) is 6.33. The summed E-state index contributed by atoms with van der Waals surface area (Å²) in [6.07, 6.45) is 4.73. The van der Waals surface area contributed by atoms with Gasteiger partial charge in [0.25, 0.3) is 5.69 Å². The number of hydrogen-bond donors (Lipinski definition) is 0. The fraction of sp³-hybridized carbons (Fsp3) is 0.759. The van der Waals surface area contributed by atoms with Gasteiger partial charge in [-0.05, 0) is 51.9 Å².